The Kier molecular flexibility index (Phi) is 9.67. The highest BCUT2D eigenvalue weighted by atomic mass is 127. The van der Waals surface area contributed by atoms with Gasteiger partial charge in [0.1, 0.15) is 11.5 Å². The number of aliphatic imine (C=N–C) groups is 1. The van der Waals surface area contributed by atoms with Crippen LogP contribution in [0.3, 0.4) is 0 Å². The molecule has 1 saturated carbocycles. The van der Waals surface area contributed by atoms with Gasteiger partial charge in [-0.05, 0) is 56.8 Å². The normalized spacial score (nSPS) is 19.8. The Morgan fingerprint density at radius 1 is 1.28 bits per heavy atom. The van der Waals surface area contributed by atoms with Crippen molar-refractivity contribution in [2.75, 3.05) is 33.3 Å². The number of benzene rings is 1. The lowest BCUT2D eigenvalue weighted by atomic mass is 10.1. The maximum absolute atomic E-state index is 12.7. The second-order valence-corrected chi connectivity index (χ2v) is 7.31. The van der Waals surface area contributed by atoms with Gasteiger partial charge in [0.15, 0.2) is 5.96 Å². The lowest BCUT2D eigenvalue weighted by molar-refractivity contribution is -0.0504. The summed E-state index contributed by atoms with van der Waals surface area (Å²) >= 11 is 0. The van der Waals surface area contributed by atoms with E-state index < -0.39 is 6.61 Å². The molecule has 1 aliphatic heterocycles. The topological polar surface area (TPSA) is 58.1 Å². The van der Waals surface area contributed by atoms with Gasteiger partial charge in [0, 0.05) is 31.2 Å². The molecular weight excluding hydrogens is 493 g/mol. The minimum absolute atomic E-state index is 0. The van der Waals surface area contributed by atoms with E-state index in [4.69, 9.17) is 4.74 Å². The molecule has 6 nitrogen and oxygen atoms in total. The number of guanidine groups is 1. The standard InChI is InChI=1S/C20H30F2N4O2.HI/c1-3-23-20(24-11-14-8-9-26(13-14)16-4-5-16)25-12-15-10-17(27-2)6-7-18(15)28-19(21)22;/h6-7,10,14,16,19H,3-5,8-9,11-13H2,1-2H3,(H2,23,24,25);1H. The fraction of sp³-hybridized carbons (Fsp3) is 0.650. The first-order valence-electron chi connectivity index (χ1n) is 9.97. The van der Waals surface area contributed by atoms with Crippen LogP contribution in [0.25, 0.3) is 0 Å². The fourth-order valence-electron chi connectivity index (χ4n) is 3.56. The Labute approximate surface area is 188 Å². The number of likely N-dealkylation sites (tertiary alicyclic amines) is 1. The van der Waals surface area contributed by atoms with E-state index in [1.807, 2.05) is 6.92 Å². The molecule has 164 valence electrons. The third-order valence-electron chi connectivity index (χ3n) is 5.17. The van der Waals surface area contributed by atoms with Gasteiger partial charge in [-0.25, -0.2) is 4.99 Å². The van der Waals surface area contributed by atoms with Crippen LogP contribution in [0.4, 0.5) is 8.78 Å². The van der Waals surface area contributed by atoms with Crippen LogP contribution in [0, 0.1) is 5.92 Å². The monoisotopic (exact) mass is 524 g/mol. The van der Waals surface area contributed by atoms with Crippen LogP contribution >= 0.6 is 24.0 Å². The van der Waals surface area contributed by atoms with Gasteiger partial charge in [-0.15, -0.1) is 24.0 Å². The number of alkyl halides is 2. The molecule has 0 spiro atoms. The van der Waals surface area contributed by atoms with Crippen LogP contribution in [0.15, 0.2) is 23.2 Å². The number of methoxy groups -OCH3 is 1. The maximum atomic E-state index is 12.7. The molecule has 0 bridgehead atoms. The number of halogens is 3. The van der Waals surface area contributed by atoms with Gasteiger partial charge >= 0.3 is 6.61 Å². The summed E-state index contributed by atoms with van der Waals surface area (Å²) in [6, 6.07) is 5.57. The highest BCUT2D eigenvalue weighted by Crippen LogP contribution is 2.31. The molecule has 9 heteroatoms. The van der Waals surface area contributed by atoms with Crippen molar-refractivity contribution in [3.8, 4) is 11.5 Å². The average Bonchev–Trinajstić information content (AvgIpc) is 3.43. The minimum atomic E-state index is -2.88. The summed E-state index contributed by atoms with van der Waals surface area (Å²) in [4.78, 5) is 7.14. The molecule has 1 saturated heterocycles. The minimum Gasteiger partial charge on any atom is -0.497 e. The van der Waals surface area contributed by atoms with Crippen LogP contribution in [-0.4, -0.2) is 56.8 Å². The second kappa shape index (κ2) is 11.7. The molecule has 1 aliphatic carbocycles. The van der Waals surface area contributed by atoms with E-state index in [-0.39, 0.29) is 36.3 Å². The van der Waals surface area contributed by atoms with Gasteiger partial charge in [0.05, 0.1) is 13.7 Å². The van der Waals surface area contributed by atoms with Crippen molar-refractivity contribution in [3.63, 3.8) is 0 Å². The first-order chi connectivity index (χ1) is 13.6. The number of nitrogens with one attached hydrogen (secondary N) is 2. The molecule has 2 fully saturated rings. The third kappa shape index (κ3) is 7.44. The van der Waals surface area contributed by atoms with Gasteiger partial charge in [-0.1, -0.05) is 0 Å². The molecule has 2 aliphatic rings. The molecule has 0 radical (unpaired) electrons. The fourth-order valence-corrected chi connectivity index (χ4v) is 3.56. The summed E-state index contributed by atoms with van der Waals surface area (Å²) in [7, 11) is 1.54. The molecule has 1 aromatic carbocycles. The Balaban J connectivity index is 0.00000300. The quantitative estimate of drug-likeness (QED) is 0.295. The van der Waals surface area contributed by atoms with Crippen molar-refractivity contribution in [2.24, 2.45) is 10.9 Å². The number of hydrogen-bond donors (Lipinski definition) is 2. The third-order valence-corrected chi connectivity index (χ3v) is 5.17. The first kappa shape index (κ1) is 23.9. The van der Waals surface area contributed by atoms with Crippen molar-refractivity contribution in [1.82, 2.24) is 15.5 Å². The van der Waals surface area contributed by atoms with E-state index in [9.17, 15) is 8.78 Å². The van der Waals surface area contributed by atoms with Crippen molar-refractivity contribution in [3.05, 3.63) is 23.8 Å². The summed E-state index contributed by atoms with van der Waals surface area (Å²) in [5.74, 6) is 1.99. The molecule has 0 aromatic heterocycles. The van der Waals surface area contributed by atoms with E-state index >= 15 is 0 Å². The highest BCUT2D eigenvalue weighted by Gasteiger charge is 2.34. The zero-order valence-corrected chi connectivity index (χ0v) is 19.3. The zero-order chi connectivity index (χ0) is 19.9. The van der Waals surface area contributed by atoms with Gasteiger partial charge in [-0.2, -0.15) is 8.78 Å². The van der Waals surface area contributed by atoms with Crippen molar-refractivity contribution in [1.29, 1.82) is 0 Å². The molecule has 3 rings (SSSR count). The average molecular weight is 524 g/mol. The van der Waals surface area contributed by atoms with Crippen LogP contribution in [0.5, 0.6) is 11.5 Å². The van der Waals surface area contributed by atoms with Gasteiger partial charge in [-0.3, -0.25) is 0 Å². The Bertz CT molecular complexity index is 674. The van der Waals surface area contributed by atoms with Crippen LogP contribution in [-0.2, 0) is 6.54 Å². The first-order valence-corrected chi connectivity index (χ1v) is 9.97. The van der Waals surface area contributed by atoms with Gasteiger partial charge in [0.2, 0.25) is 0 Å². The summed E-state index contributed by atoms with van der Waals surface area (Å²) in [6.45, 7) is 3.24. The van der Waals surface area contributed by atoms with E-state index in [0.29, 0.717) is 23.2 Å². The summed E-state index contributed by atoms with van der Waals surface area (Å²) < 4.78 is 35.1. The Morgan fingerprint density at radius 3 is 2.72 bits per heavy atom. The van der Waals surface area contributed by atoms with Crippen molar-refractivity contribution < 1.29 is 18.3 Å². The summed E-state index contributed by atoms with van der Waals surface area (Å²) in [5, 5.41) is 6.61. The van der Waals surface area contributed by atoms with Gasteiger partial charge < -0.3 is 25.0 Å². The molecule has 1 heterocycles. The van der Waals surface area contributed by atoms with E-state index in [1.165, 1.54) is 39.0 Å². The second-order valence-electron chi connectivity index (χ2n) is 7.31. The molecule has 1 aromatic rings. The molecular formula is C20H31F2IN4O2. The molecule has 0 amide bonds. The van der Waals surface area contributed by atoms with Crippen molar-refractivity contribution >= 4 is 29.9 Å². The van der Waals surface area contributed by atoms with Crippen LogP contribution < -0.4 is 20.1 Å². The largest absolute Gasteiger partial charge is 0.497 e. The van der Waals surface area contributed by atoms with Crippen LogP contribution in [0.1, 0.15) is 31.7 Å². The smallest absolute Gasteiger partial charge is 0.387 e. The molecule has 1 unspecified atom stereocenters. The summed E-state index contributed by atoms with van der Waals surface area (Å²) in [6.07, 6.45) is 3.88. The Hall–Kier alpha value is -1.36. The SMILES string of the molecule is CCNC(=NCc1cc(OC)ccc1OC(F)F)NCC1CCN(C2CC2)C1.I. The summed E-state index contributed by atoms with van der Waals surface area (Å²) in [5.41, 5.74) is 0.553. The lowest BCUT2D eigenvalue weighted by Gasteiger charge is -2.17. The lowest BCUT2D eigenvalue weighted by Crippen LogP contribution is -2.40. The number of nitrogens with zero attached hydrogens (tertiary/aromatic N) is 2. The number of ether oxygens (including phenoxy) is 2. The van der Waals surface area contributed by atoms with E-state index in [2.05, 4.69) is 25.3 Å². The highest BCUT2D eigenvalue weighted by molar-refractivity contribution is 14.0. The molecule has 2 N–H and O–H groups in total. The molecule has 29 heavy (non-hydrogen) atoms. The van der Waals surface area contributed by atoms with Crippen LogP contribution in [0.2, 0.25) is 0 Å². The predicted octanol–water partition coefficient (Wildman–Crippen LogP) is 3.45. The molecule has 1 atom stereocenters. The zero-order valence-electron chi connectivity index (χ0n) is 17.0. The van der Waals surface area contributed by atoms with E-state index in [0.717, 1.165) is 25.7 Å². The number of hydrogen-bond acceptors (Lipinski definition) is 4. The van der Waals surface area contributed by atoms with E-state index in [1.54, 1.807) is 12.1 Å². The van der Waals surface area contributed by atoms with Gasteiger partial charge in [0.25, 0.3) is 0 Å². The number of rotatable bonds is 9. The maximum Gasteiger partial charge on any atom is 0.387 e. The predicted molar refractivity (Wildman–Crippen MR) is 121 cm³/mol. The Morgan fingerprint density at radius 2 is 2.07 bits per heavy atom. The van der Waals surface area contributed by atoms with Crippen molar-refractivity contribution in [2.45, 2.75) is 45.4 Å².